The maximum atomic E-state index is 8.67. The highest BCUT2D eigenvalue weighted by Gasteiger charge is 2.42. The van der Waals surface area contributed by atoms with Crippen LogP contribution in [0.4, 0.5) is 0 Å². The Morgan fingerprint density at radius 1 is 1.11 bits per heavy atom. The van der Waals surface area contributed by atoms with E-state index < -0.39 is 0 Å². The van der Waals surface area contributed by atoms with E-state index in [1.807, 2.05) is 33.0 Å². The number of hydrogen-bond donors (Lipinski definition) is 5. The number of nitrogens with one attached hydrogen (secondary N) is 3. The molecule has 0 amide bonds. The Hall–Kier alpha value is -3.04. The van der Waals surface area contributed by atoms with Crippen molar-refractivity contribution >= 4 is 6.47 Å². The fourth-order valence-electron chi connectivity index (χ4n) is 3.67. The van der Waals surface area contributed by atoms with Gasteiger partial charge in [0.2, 0.25) is 0 Å². The van der Waals surface area contributed by atoms with E-state index in [2.05, 4.69) is 71.3 Å². The summed E-state index contributed by atoms with van der Waals surface area (Å²) in [5.74, 6) is 0.815. The first-order valence-electron chi connectivity index (χ1n) is 12.8. The third kappa shape index (κ3) is 11.7. The lowest BCUT2D eigenvalue weighted by Crippen LogP contribution is -2.24. The third-order valence-corrected chi connectivity index (χ3v) is 5.92. The molecular weight excluding hydrogens is 468 g/mol. The Morgan fingerprint density at radius 2 is 1.73 bits per heavy atom. The number of nitrogens with zero attached hydrogens (tertiary/aromatic N) is 1. The van der Waals surface area contributed by atoms with Crippen molar-refractivity contribution < 1.29 is 19.4 Å². The van der Waals surface area contributed by atoms with Gasteiger partial charge in [0.25, 0.3) is 6.47 Å². The summed E-state index contributed by atoms with van der Waals surface area (Å²) in [4.78, 5) is 12.2. The zero-order valence-electron chi connectivity index (χ0n) is 22.8. The van der Waals surface area contributed by atoms with Crippen LogP contribution in [-0.4, -0.2) is 55.0 Å². The molecular formula is C29H44N4O4. The molecule has 1 saturated carbocycles. The molecule has 37 heavy (non-hydrogen) atoms. The van der Waals surface area contributed by atoms with Gasteiger partial charge in [-0.1, -0.05) is 67.9 Å². The van der Waals surface area contributed by atoms with Crippen LogP contribution in [0.25, 0.3) is 11.3 Å². The summed E-state index contributed by atoms with van der Waals surface area (Å²) in [6, 6.07) is 17.1. The highest BCUT2D eigenvalue weighted by Crippen LogP contribution is 2.44. The van der Waals surface area contributed by atoms with Crippen LogP contribution in [0.3, 0.4) is 0 Å². The zero-order valence-corrected chi connectivity index (χ0v) is 22.8. The second-order valence-electron chi connectivity index (χ2n) is 8.54. The van der Waals surface area contributed by atoms with Crippen molar-refractivity contribution in [2.45, 2.75) is 58.2 Å². The van der Waals surface area contributed by atoms with Crippen LogP contribution in [0.1, 0.15) is 49.8 Å². The molecule has 8 nitrogen and oxygen atoms in total. The molecule has 1 aliphatic heterocycles. The lowest BCUT2D eigenvalue weighted by molar-refractivity contribution is -0.122. The normalized spacial score (nSPS) is 16.2. The minimum Gasteiger partial charge on any atom is -0.483 e. The minimum atomic E-state index is -0.250. The van der Waals surface area contributed by atoms with Crippen LogP contribution < -0.4 is 16.0 Å². The maximum Gasteiger partial charge on any atom is 0.290 e. The van der Waals surface area contributed by atoms with E-state index in [1.165, 1.54) is 35.9 Å². The molecule has 0 bridgehead atoms. The van der Waals surface area contributed by atoms with Crippen molar-refractivity contribution in [1.29, 1.82) is 0 Å². The highest BCUT2D eigenvalue weighted by atomic mass is 16.3. The van der Waals surface area contributed by atoms with E-state index in [0.717, 1.165) is 37.4 Å². The number of aliphatic hydroxyl groups excluding tert-OH is 1. The lowest BCUT2D eigenvalue weighted by atomic mass is 10.0. The summed E-state index contributed by atoms with van der Waals surface area (Å²) >= 11 is 0. The van der Waals surface area contributed by atoms with E-state index in [1.54, 1.807) is 6.20 Å². The summed E-state index contributed by atoms with van der Waals surface area (Å²) in [6.45, 7) is 8.54. The maximum absolute atomic E-state index is 8.67. The van der Waals surface area contributed by atoms with Gasteiger partial charge in [-0.05, 0) is 58.0 Å². The van der Waals surface area contributed by atoms with Gasteiger partial charge in [-0.2, -0.15) is 0 Å². The zero-order chi connectivity index (χ0) is 27.5. The molecule has 0 radical (unpaired) electrons. The van der Waals surface area contributed by atoms with Crippen molar-refractivity contribution in [2.24, 2.45) is 0 Å². The van der Waals surface area contributed by atoms with Crippen LogP contribution in [0.15, 0.2) is 65.5 Å². The van der Waals surface area contributed by atoms with Crippen molar-refractivity contribution in [3.63, 3.8) is 0 Å². The monoisotopic (exact) mass is 512 g/mol. The van der Waals surface area contributed by atoms with Crippen molar-refractivity contribution in [1.82, 2.24) is 20.9 Å². The first-order valence-corrected chi connectivity index (χ1v) is 12.8. The van der Waals surface area contributed by atoms with Crippen molar-refractivity contribution in [3.05, 3.63) is 77.8 Å². The molecule has 1 atom stereocenters. The summed E-state index contributed by atoms with van der Waals surface area (Å²) in [5, 5.41) is 25.1. The number of carboxylic acid groups (broad SMARTS) is 1. The van der Waals surface area contributed by atoms with Crippen LogP contribution >= 0.6 is 0 Å². The predicted octanol–water partition coefficient (Wildman–Crippen LogP) is 4.33. The van der Waals surface area contributed by atoms with E-state index in [4.69, 9.17) is 19.4 Å². The number of benzene rings is 2. The molecule has 2 heterocycles. The third-order valence-electron chi connectivity index (χ3n) is 5.92. The van der Waals surface area contributed by atoms with Crippen LogP contribution in [0.5, 0.6) is 0 Å². The Bertz CT molecular complexity index is 951. The van der Waals surface area contributed by atoms with Gasteiger partial charge in [0.1, 0.15) is 0 Å². The smallest absolute Gasteiger partial charge is 0.290 e. The Morgan fingerprint density at radius 3 is 2.11 bits per heavy atom. The lowest BCUT2D eigenvalue weighted by Gasteiger charge is -2.14. The second kappa shape index (κ2) is 18.2. The van der Waals surface area contributed by atoms with Gasteiger partial charge < -0.3 is 30.6 Å². The number of aryl methyl sites for hydroxylation is 1. The molecule has 5 rings (SSSR count). The summed E-state index contributed by atoms with van der Waals surface area (Å²) in [6.07, 6.45) is 6.56. The first kappa shape index (κ1) is 32.0. The minimum absolute atomic E-state index is 0.0648. The molecule has 1 aromatic heterocycles. The predicted molar refractivity (Wildman–Crippen MR) is 149 cm³/mol. The number of hydrogen-bond acceptors (Lipinski definition) is 7. The fraction of sp³-hybridized carbons (Fsp3) is 0.448. The number of aromatic nitrogens is 1. The van der Waals surface area contributed by atoms with Crippen molar-refractivity contribution in [3.8, 4) is 11.3 Å². The summed E-state index contributed by atoms with van der Waals surface area (Å²) in [7, 11) is 4.03. The Labute approximate surface area is 221 Å². The fourth-order valence-corrected chi connectivity index (χ4v) is 3.67. The Kier molecular flexibility index (Phi) is 15.8. The van der Waals surface area contributed by atoms with Crippen LogP contribution in [0.2, 0.25) is 0 Å². The topological polar surface area (TPSA) is 120 Å². The quantitative estimate of drug-likeness (QED) is 0.321. The molecule has 2 aliphatic rings. The average molecular weight is 513 g/mol. The summed E-state index contributed by atoms with van der Waals surface area (Å²) < 4.78 is 5.15. The van der Waals surface area contributed by atoms with E-state index in [-0.39, 0.29) is 12.6 Å². The molecule has 3 aromatic rings. The van der Waals surface area contributed by atoms with Crippen LogP contribution in [-0.2, 0) is 16.9 Å². The number of rotatable bonds is 5. The van der Waals surface area contributed by atoms with Gasteiger partial charge in [0.05, 0.1) is 12.3 Å². The van der Waals surface area contributed by atoms with Gasteiger partial charge in [-0.3, -0.25) is 4.79 Å². The van der Waals surface area contributed by atoms with Crippen LogP contribution in [0, 0.1) is 6.92 Å². The molecule has 0 spiro atoms. The molecule has 1 unspecified atom stereocenters. The van der Waals surface area contributed by atoms with E-state index in [0.29, 0.717) is 5.54 Å². The van der Waals surface area contributed by atoms with Gasteiger partial charge in [0.15, 0.2) is 12.2 Å². The molecule has 2 fully saturated rings. The van der Waals surface area contributed by atoms with Gasteiger partial charge in [0, 0.05) is 24.2 Å². The van der Waals surface area contributed by atoms with Gasteiger partial charge in [-0.15, -0.1) is 0 Å². The SMILES string of the molecule is CC.CNCc1ccc(C2(NC)CC2)cc1.Cc1ccc(-c2cnco2)cc1.O=CO.OC1CCNC1. The van der Waals surface area contributed by atoms with Gasteiger partial charge in [-0.25, -0.2) is 4.98 Å². The number of β-amino-alcohol motifs (C(OH)–C–C–N with tert-alkyl or cyclic N) is 1. The standard InChI is InChI=1S/C12H18N2.C10H9NO.C4H9NO.C2H6.CH2O2/c1-13-9-10-3-5-11(6-4-10)12(14-2)7-8-12;1-8-2-4-9(5-3-8)10-6-11-7-12-10;6-4-1-2-5-3-4;1-2;2-1-3/h3-6,13-14H,7-9H2,1-2H3;2-7H,1H3;4-6H,1-3H2;1-2H3;1H,(H,2,3). The van der Waals surface area contributed by atoms with Crippen molar-refractivity contribution in [2.75, 3.05) is 27.2 Å². The second-order valence-corrected chi connectivity index (χ2v) is 8.54. The first-order chi connectivity index (χ1) is 18.0. The molecule has 2 aromatic carbocycles. The highest BCUT2D eigenvalue weighted by molar-refractivity contribution is 5.56. The van der Waals surface area contributed by atoms with E-state index in [9.17, 15) is 0 Å². The van der Waals surface area contributed by atoms with Gasteiger partial charge >= 0.3 is 0 Å². The molecule has 5 N–H and O–H groups in total. The summed E-state index contributed by atoms with van der Waals surface area (Å²) in [5.41, 5.74) is 5.40. The molecule has 204 valence electrons. The number of aliphatic hydroxyl groups is 1. The largest absolute Gasteiger partial charge is 0.483 e. The molecule has 1 saturated heterocycles. The molecule has 1 aliphatic carbocycles. The number of oxazole rings is 1. The van der Waals surface area contributed by atoms with E-state index >= 15 is 0 Å². The number of carbonyl (C=O) groups is 1. The molecule has 8 heteroatoms. The Balaban J connectivity index is 0.000000269. The average Bonchev–Trinajstić information content (AvgIpc) is 3.26.